The highest BCUT2D eigenvalue weighted by Crippen LogP contribution is 2.19. The lowest BCUT2D eigenvalue weighted by Crippen LogP contribution is -2.04. The number of carbonyl (C=O) groups excluding carboxylic acids is 1. The summed E-state index contributed by atoms with van der Waals surface area (Å²) >= 11 is 0. The van der Waals surface area contributed by atoms with Crippen LogP contribution in [0, 0.1) is 0 Å². The predicted molar refractivity (Wildman–Crippen MR) is 78.0 cm³/mol. The van der Waals surface area contributed by atoms with Gasteiger partial charge in [-0.3, -0.25) is 4.79 Å². The minimum Gasteiger partial charge on any atom is -0.497 e. The van der Waals surface area contributed by atoms with Gasteiger partial charge in [0, 0.05) is 25.1 Å². The topological polar surface area (TPSA) is 38.3 Å². The number of rotatable bonds is 4. The van der Waals surface area contributed by atoms with Crippen LogP contribution in [-0.2, 0) is 19.5 Å². The normalized spacial score (nSPS) is 13.1. The highest BCUT2D eigenvalue weighted by molar-refractivity contribution is 5.97. The van der Waals surface area contributed by atoms with E-state index in [1.165, 1.54) is 11.1 Å². The number of nitrogens with one attached hydrogen (secondary N) is 1. The second-order valence-electron chi connectivity index (χ2n) is 5.04. The van der Waals surface area contributed by atoms with E-state index in [2.05, 4.69) is 5.32 Å². The van der Waals surface area contributed by atoms with Gasteiger partial charge in [-0.25, -0.2) is 0 Å². The smallest absolute Gasteiger partial charge is 0.167 e. The molecule has 0 saturated heterocycles. The second-order valence-corrected chi connectivity index (χ2v) is 5.04. The molecule has 0 spiro atoms. The lowest BCUT2D eigenvalue weighted by atomic mass is 9.99. The molecule has 0 radical (unpaired) electrons. The summed E-state index contributed by atoms with van der Waals surface area (Å²) in [5.74, 6) is 0.932. The fourth-order valence-electron chi connectivity index (χ4n) is 2.54. The zero-order chi connectivity index (χ0) is 13.9. The van der Waals surface area contributed by atoms with Gasteiger partial charge in [-0.05, 0) is 34.9 Å². The Hall–Kier alpha value is -2.13. The largest absolute Gasteiger partial charge is 0.497 e. The zero-order valence-electron chi connectivity index (χ0n) is 11.5. The van der Waals surface area contributed by atoms with Crippen LogP contribution in [0.25, 0.3) is 0 Å². The van der Waals surface area contributed by atoms with Crippen LogP contribution in [0.2, 0.25) is 0 Å². The van der Waals surface area contributed by atoms with Gasteiger partial charge in [0.15, 0.2) is 5.78 Å². The van der Waals surface area contributed by atoms with E-state index >= 15 is 0 Å². The van der Waals surface area contributed by atoms with Gasteiger partial charge < -0.3 is 10.1 Å². The Kier molecular flexibility index (Phi) is 3.52. The van der Waals surface area contributed by atoms with E-state index in [1.807, 2.05) is 42.5 Å². The number of Topliss-reactive ketones (excluding diaryl/α,β-unsaturated/α-hetero) is 1. The van der Waals surface area contributed by atoms with Gasteiger partial charge in [-0.15, -0.1) is 0 Å². The van der Waals surface area contributed by atoms with Crippen molar-refractivity contribution < 1.29 is 9.53 Å². The predicted octanol–water partition coefficient (Wildman–Crippen LogP) is 2.72. The molecule has 0 saturated carbocycles. The Balaban J connectivity index is 1.79. The quantitative estimate of drug-likeness (QED) is 0.866. The van der Waals surface area contributed by atoms with Gasteiger partial charge in [-0.2, -0.15) is 0 Å². The molecule has 0 amide bonds. The summed E-state index contributed by atoms with van der Waals surface area (Å²) in [7, 11) is 1.63. The third kappa shape index (κ3) is 2.58. The van der Waals surface area contributed by atoms with Crippen molar-refractivity contribution in [2.24, 2.45) is 0 Å². The second kappa shape index (κ2) is 5.47. The molecule has 0 fully saturated rings. The molecule has 2 aromatic rings. The molecule has 0 atom stereocenters. The summed E-state index contributed by atoms with van der Waals surface area (Å²) in [6.45, 7) is 1.76. The lowest BCUT2D eigenvalue weighted by Gasteiger charge is -2.06. The fourth-order valence-corrected chi connectivity index (χ4v) is 2.54. The molecule has 1 aliphatic heterocycles. The molecule has 3 nitrogen and oxygen atoms in total. The van der Waals surface area contributed by atoms with Crippen LogP contribution in [0.15, 0.2) is 42.5 Å². The minimum absolute atomic E-state index is 0.146. The van der Waals surface area contributed by atoms with Crippen molar-refractivity contribution in [1.82, 2.24) is 5.32 Å². The number of hydrogen-bond donors (Lipinski definition) is 1. The van der Waals surface area contributed by atoms with E-state index < -0.39 is 0 Å². The van der Waals surface area contributed by atoms with Gasteiger partial charge in [-0.1, -0.05) is 24.3 Å². The molecule has 3 rings (SSSR count). The monoisotopic (exact) mass is 267 g/mol. The summed E-state index contributed by atoms with van der Waals surface area (Å²) in [6, 6.07) is 13.6. The fraction of sp³-hybridized carbons (Fsp3) is 0.235. The van der Waals surface area contributed by atoms with Gasteiger partial charge >= 0.3 is 0 Å². The Morgan fingerprint density at radius 1 is 1.15 bits per heavy atom. The molecule has 0 aromatic heterocycles. The van der Waals surface area contributed by atoms with Crippen molar-refractivity contribution in [1.29, 1.82) is 0 Å². The van der Waals surface area contributed by atoms with Crippen molar-refractivity contribution in [2.45, 2.75) is 19.5 Å². The average Bonchev–Trinajstić information content (AvgIpc) is 2.94. The number of ether oxygens (including phenoxy) is 1. The van der Waals surface area contributed by atoms with E-state index in [0.29, 0.717) is 6.42 Å². The number of benzene rings is 2. The van der Waals surface area contributed by atoms with Gasteiger partial charge in [0.1, 0.15) is 5.75 Å². The molecule has 0 bridgehead atoms. The molecule has 0 unspecified atom stereocenters. The maximum absolute atomic E-state index is 12.4. The molecule has 0 aliphatic carbocycles. The number of carbonyl (C=O) groups is 1. The molecular weight excluding hydrogens is 250 g/mol. The molecule has 1 N–H and O–H groups in total. The Bertz CT molecular complexity index is 649. The van der Waals surface area contributed by atoms with Crippen LogP contribution in [0.3, 0.4) is 0 Å². The summed E-state index contributed by atoms with van der Waals surface area (Å²) in [5.41, 5.74) is 4.30. The highest BCUT2D eigenvalue weighted by Gasteiger charge is 2.14. The first-order chi connectivity index (χ1) is 9.76. The van der Waals surface area contributed by atoms with Crippen molar-refractivity contribution in [3.63, 3.8) is 0 Å². The van der Waals surface area contributed by atoms with Gasteiger partial charge in [0.2, 0.25) is 0 Å². The van der Waals surface area contributed by atoms with E-state index in [9.17, 15) is 4.79 Å². The van der Waals surface area contributed by atoms with Crippen LogP contribution in [0.4, 0.5) is 0 Å². The van der Waals surface area contributed by atoms with Crippen molar-refractivity contribution >= 4 is 5.78 Å². The number of hydrogen-bond acceptors (Lipinski definition) is 3. The summed E-state index contributed by atoms with van der Waals surface area (Å²) < 4.78 is 5.18. The van der Waals surface area contributed by atoms with E-state index in [1.54, 1.807) is 7.11 Å². The molecule has 2 aromatic carbocycles. The zero-order valence-corrected chi connectivity index (χ0v) is 11.5. The van der Waals surface area contributed by atoms with Crippen molar-refractivity contribution in [3.05, 3.63) is 64.7 Å². The van der Waals surface area contributed by atoms with E-state index in [4.69, 9.17) is 4.74 Å². The van der Waals surface area contributed by atoms with Crippen LogP contribution < -0.4 is 10.1 Å². The van der Waals surface area contributed by atoms with Crippen molar-refractivity contribution in [2.75, 3.05) is 7.11 Å². The molecule has 1 heterocycles. The summed E-state index contributed by atoms with van der Waals surface area (Å²) in [4.78, 5) is 12.4. The minimum atomic E-state index is 0.146. The van der Waals surface area contributed by atoms with Gasteiger partial charge in [0.25, 0.3) is 0 Å². The van der Waals surface area contributed by atoms with Crippen LogP contribution in [0.5, 0.6) is 5.75 Å². The first-order valence-electron chi connectivity index (χ1n) is 6.75. The van der Waals surface area contributed by atoms with E-state index in [-0.39, 0.29) is 5.78 Å². The molecule has 1 aliphatic rings. The lowest BCUT2D eigenvalue weighted by molar-refractivity contribution is 0.0993. The maximum atomic E-state index is 12.4. The van der Waals surface area contributed by atoms with E-state index in [0.717, 1.165) is 30.0 Å². The number of fused-ring (bicyclic) bond motifs is 1. The summed E-state index contributed by atoms with van der Waals surface area (Å²) in [6.07, 6.45) is 0.406. The third-order valence-electron chi connectivity index (χ3n) is 3.66. The Labute approximate surface area is 118 Å². The average molecular weight is 267 g/mol. The third-order valence-corrected chi connectivity index (χ3v) is 3.66. The Morgan fingerprint density at radius 2 is 2.00 bits per heavy atom. The highest BCUT2D eigenvalue weighted by atomic mass is 16.5. The SMILES string of the molecule is COc1cccc(CC(=O)c2ccc3c(c2)CNC3)c1. The van der Waals surface area contributed by atoms with Crippen LogP contribution in [0.1, 0.15) is 27.0 Å². The standard InChI is InChI=1S/C17H17NO2/c1-20-16-4-2-3-12(7-16)8-17(19)13-5-6-14-10-18-11-15(14)9-13/h2-7,9,18H,8,10-11H2,1H3. The Morgan fingerprint density at radius 3 is 2.85 bits per heavy atom. The van der Waals surface area contributed by atoms with Crippen LogP contribution >= 0.6 is 0 Å². The van der Waals surface area contributed by atoms with Crippen molar-refractivity contribution in [3.8, 4) is 5.75 Å². The number of methoxy groups -OCH3 is 1. The molecule has 20 heavy (non-hydrogen) atoms. The molecular formula is C17H17NO2. The first kappa shape index (κ1) is 12.9. The van der Waals surface area contributed by atoms with Crippen LogP contribution in [-0.4, -0.2) is 12.9 Å². The van der Waals surface area contributed by atoms with Gasteiger partial charge in [0.05, 0.1) is 7.11 Å². The first-order valence-corrected chi connectivity index (χ1v) is 6.75. The number of ketones is 1. The molecule has 102 valence electrons. The molecule has 3 heteroatoms. The summed E-state index contributed by atoms with van der Waals surface area (Å²) in [5, 5.41) is 3.29. The maximum Gasteiger partial charge on any atom is 0.167 e.